The van der Waals surface area contributed by atoms with Crippen LogP contribution in [0.4, 0.5) is 4.79 Å². The molecule has 87 heavy (non-hydrogen) atoms. The van der Waals surface area contributed by atoms with Crippen LogP contribution in [-0.4, -0.2) is 199 Å². The number of imide groups is 1. The van der Waals surface area contributed by atoms with Crippen molar-refractivity contribution < 1.29 is 67.3 Å². The van der Waals surface area contributed by atoms with Gasteiger partial charge < -0.3 is 66.9 Å². The second-order valence-corrected chi connectivity index (χ2v) is 24.1. The predicted octanol–water partition coefficient (Wildman–Crippen LogP) is 2.44. The van der Waals surface area contributed by atoms with Crippen molar-refractivity contribution >= 4 is 65.1 Å². The van der Waals surface area contributed by atoms with Crippen LogP contribution in [0.1, 0.15) is 145 Å². The quantitative estimate of drug-likeness (QED) is 0.0351. The summed E-state index contributed by atoms with van der Waals surface area (Å²) < 4.78 is 12.0. The van der Waals surface area contributed by atoms with Crippen molar-refractivity contribution in [3.63, 3.8) is 0 Å². The van der Waals surface area contributed by atoms with E-state index in [9.17, 15) is 57.8 Å². The molecule has 0 saturated carbocycles. The molecule has 488 valence electrons. The standard InChI is InChI=1S/C62H101N11O14/c1-15-39(8)54(45(86-13)34-49(77)72-33-23-27-44(72)56(87-14)40(9)57(80)66-41(10)55(79)42-24-18-16-19-25-42)71(12)61(84)52(37(4)5)69-60(83)53(38(6)7)70(11)50(78)35-65-58(81)43(26-22-31-64-62(63)85)67-59(82)51(36(2)3)68-46(74)28-20-17-21-32-73-47(75)29-30-48(73)76/h16,18-19,24-25,29-30,36-41,43-45,51-56,79H,15,17,20-23,26-28,31-35H2,1-14H3,(H,65,81)(H,66,80)(H,67,82)(H,68,74)(H,69,83)(H3,63,64,85)/t39-,40+,41+,43-,44-,45+,51?,52?,53-,54-,55+,56+/m0/s1. The molecule has 2 unspecified atom stereocenters. The van der Waals surface area contributed by atoms with Gasteiger partial charge in [0.2, 0.25) is 47.3 Å². The van der Waals surface area contributed by atoms with E-state index in [1.54, 1.807) is 79.5 Å². The third-order valence-corrected chi connectivity index (χ3v) is 16.7. The Morgan fingerprint density at radius 3 is 1.92 bits per heavy atom. The molecule has 1 aromatic carbocycles. The van der Waals surface area contributed by atoms with Gasteiger partial charge in [-0.15, -0.1) is 0 Å². The first-order valence-electron chi connectivity index (χ1n) is 30.7. The molecule has 1 saturated heterocycles. The minimum Gasteiger partial charge on any atom is -0.386 e. The summed E-state index contributed by atoms with van der Waals surface area (Å²) in [6, 6.07) is 1.99. The molecular formula is C62H101N11O14. The third-order valence-electron chi connectivity index (χ3n) is 16.7. The minimum absolute atomic E-state index is 0.00848. The second-order valence-electron chi connectivity index (χ2n) is 24.1. The fourth-order valence-corrected chi connectivity index (χ4v) is 11.4. The number of unbranched alkanes of at least 4 members (excludes halogenated alkanes) is 2. The highest BCUT2D eigenvalue weighted by atomic mass is 16.5. The van der Waals surface area contributed by atoms with Gasteiger partial charge in [-0.05, 0) is 74.7 Å². The summed E-state index contributed by atoms with van der Waals surface area (Å²) in [6.07, 6.45) is 3.41. The maximum atomic E-state index is 14.8. The Labute approximate surface area is 514 Å². The van der Waals surface area contributed by atoms with Gasteiger partial charge in [-0.2, -0.15) is 0 Å². The van der Waals surface area contributed by atoms with Crippen LogP contribution in [0.15, 0.2) is 42.5 Å². The highest BCUT2D eigenvalue weighted by Crippen LogP contribution is 2.30. The highest BCUT2D eigenvalue weighted by molar-refractivity contribution is 6.12. The number of amides is 12. The van der Waals surface area contributed by atoms with Crippen LogP contribution in [0.5, 0.6) is 0 Å². The number of likely N-dealkylation sites (tertiary alicyclic amines) is 1. The number of hydrogen-bond acceptors (Lipinski definition) is 14. The number of ether oxygens (including phenoxy) is 2. The first kappa shape index (κ1) is 74.3. The summed E-state index contributed by atoms with van der Waals surface area (Å²) in [5.41, 5.74) is 5.90. The number of carbonyl (C=O) groups excluding carboxylic acids is 11. The molecule has 12 atom stereocenters. The van der Waals surface area contributed by atoms with Crippen molar-refractivity contribution in [1.29, 1.82) is 0 Å². The number of carbonyl (C=O) groups is 11. The molecule has 2 aliphatic heterocycles. The zero-order chi connectivity index (χ0) is 65.4. The molecule has 12 amide bonds. The average Bonchev–Trinajstić information content (AvgIpc) is 4.25. The number of nitrogens with zero attached hydrogens (tertiary/aromatic N) is 4. The highest BCUT2D eigenvalue weighted by Gasteiger charge is 2.44. The number of rotatable bonds is 37. The number of aliphatic hydroxyl groups is 1. The monoisotopic (exact) mass is 1220 g/mol. The summed E-state index contributed by atoms with van der Waals surface area (Å²) in [6.45, 7) is 17.9. The van der Waals surface area contributed by atoms with E-state index in [4.69, 9.17) is 15.2 Å². The van der Waals surface area contributed by atoms with Crippen LogP contribution < -0.4 is 37.6 Å². The fourth-order valence-electron chi connectivity index (χ4n) is 11.4. The van der Waals surface area contributed by atoms with Gasteiger partial charge in [0.15, 0.2) is 0 Å². The van der Waals surface area contributed by atoms with Gasteiger partial charge in [0.05, 0.1) is 55.3 Å². The van der Waals surface area contributed by atoms with Crippen LogP contribution in [0, 0.1) is 29.6 Å². The van der Waals surface area contributed by atoms with E-state index < -0.39 is 132 Å². The molecule has 0 bridgehead atoms. The molecular weight excluding hydrogens is 1120 g/mol. The van der Waals surface area contributed by atoms with Gasteiger partial charge in [-0.3, -0.25) is 52.8 Å². The summed E-state index contributed by atoms with van der Waals surface area (Å²) in [5, 5.41) is 27.2. The summed E-state index contributed by atoms with van der Waals surface area (Å²) in [5.74, 6) is -7.22. The van der Waals surface area contributed by atoms with Gasteiger partial charge >= 0.3 is 6.03 Å². The van der Waals surface area contributed by atoms with E-state index in [0.717, 1.165) is 4.90 Å². The van der Waals surface area contributed by atoms with Gasteiger partial charge in [0.1, 0.15) is 24.2 Å². The van der Waals surface area contributed by atoms with E-state index in [1.165, 1.54) is 43.2 Å². The summed E-state index contributed by atoms with van der Waals surface area (Å²) in [7, 11) is 6.01. The lowest BCUT2D eigenvalue weighted by Gasteiger charge is -2.41. The van der Waals surface area contributed by atoms with Crippen LogP contribution in [0.25, 0.3) is 0 Å². The van der Waals surface area contributed by atoms with E-state index in [1.807, 2.05) is 32.0 Å². The number of primary amides is 1. The van der Waals surface area contributed by atoms with Crippen molar-refractivity contribution in [1.82, 2.24) is 51.5 Å². The molecule has 2 aliphatic rings. The number of nitrogens with one attached hydrogen (secondary N) is 6. The number of likely N-dealkylation sites (N-methyl/N-ethyl adjacent to an activating group) is 2. The Kier molecular flexibility index (Phi) is 31.0. The molecule has 3 rings (SSSR count). The normalized spacial score (nSPS) is 17.9. The molecule has 1 aromatic rings. The Morgan fingerprint density at radius 2 is 1.36 bits per heavy atom. The molecule has 25 nitrogen and oxygen atoms in total. The van der Waals surface area contributed by atoms with Crippen LogP contribution in [-0.2, 0) is 57.4 Å². The Hall–Kier alpha value is -6.99. The molecule has 25 heteroatoms. The predicted molar refractivity (Wildman–Crippen MR) is 326 cm³/mol. The Bertz CT molecular complexity index is 2500. The maximum Gasteiger partial charge on any atom is 0.312 e. The molecule has 1 fully saturated rings. The van der Waals surface area contributed by atoms with Crippen molar-refractivity contribution in [3.8, 4) is 0 Å². The number of nitrogens with two attached hydrogens (primary N) is 1. The van der Waals surface area contributed by atoms with Gasteiger partial charge in [0.25, 0.3) is 11.8 Å². The van der Waals surface area contributed by atoms with Gasteiger partial charge in [-0.25, -0.2) is 4.79 Å². The molecule has 2 heterocycles. The van der Waals surface area contributed by atoms with Crippen LogP contribution in [0.3, 0.4) is 0 Å². The molecule has 9 N–H and O–H groups in total. The first-order valence-corrected chi connectivity index (χ1v) is 30.7. The number of aliphatic hydroxyl groups excluding tert-OH is 1. The summed E-state index contributed by atoms with van der Waals surface area (Å²) in [4.78, 5) is 153. The zero-order valence-electron chi connectivity index (χ0n) is 53.7. The van der Waals surface area contributed by atoms with Crippen molar-refractivity contribution in [2.45, 2.75) is 194 Å². The minimum atomic E-state index is -1.24. The van der Waals surface area contributed by atoms with Crippen molar-refractivity contribution in [3.05, 3.63) is 48.0 Å². The Morgan fingerprint density at radius 1 is 0.724 bits per heavy atom. The van der Waals surface area contributed by atoms with Gasteiger partial charge in [0, 0.05) is 66.5 Å². The Balaban J connectivity index is 1.72. The molecule has 0 spiro atoms. The number of hydrogen-bond donors (Lipinski definition) is 8. The van der Waals surface area contributed by atoms with Crippen molar-refractivity contribution in [2.75, 3.05) is 54.5 Å². The van der Waals surface area contributed by atoms with Gasteiger partial charge in [-0.1, -0.05) is 105 Å². The lowest BCUT2D eigenvalue weighted by atomic mass is 9.89. The smallest absolute Gasteiger partial charge is 0.312 e. The molecule has 0 aromatic heterocycles. The maximum absolute atomic E-state index is 14.8. The fraction of sp³-hybridized carbons (Fsp3) is 0.694. The number of urea groups is 1. The van der Waals surface area contributed by atoms with E-state index in [0.29, 0.717) is 50.6 Å². The van der Waals surface area contributed by atoms with Crippen molar-refractivity contribution in [2.24, 2.45) is 35.3 Å². The topological polar surface area (TPSA) is 338 Å². The molecule has 0 radical (unpaired) electrons. The third kappa shape index (κ3) is 22.0. The van der Waals surface area contributed by atoms with E-state index in [-0.39, 0.29) is 68.3 Å². The SMILES string of the molecule is CC[C@H](C)[C@@H]([C@@H](CC(=O)N1CCC[C@H]1[C@H](OC)[C@@H](C)C(=O)N[C@H](C)[C@@H](O)c1ccccc1)OC)N(C)C(=O)C(NC(=O)[C@H](C(C)C)N(C)C(=O)CNC(=O)[C@H](CCCNC(N)=O)NC(=O)C(NC(=O)CCCCCN1C(=O)C=CC1=O)C(C)C)C(C)C. The van der Waals surface area contributed by atoms with E-state index >= 15 is 0 Å². The number of benzene rings is 1. The lowest BCUT2D eigenvalue weighted by molar-refractivity contribution is -0.148. The largest absolute Gasteiger partial charge is 0.386 e. The first-order chi connectivity index (χ1) is 41.0. The zero-order valence-corrected chi connectivity index (χ0v) is 53.7. The van der Waals surface area contributed by atoms with Crippen LogP contribution >= 0.6 is 0 Å². The number of methoxy groups -OCH3 is 2. The lowest BCUT2D eigenvalue weighted by Crippen LogP contribution is -2.61. The second kappa shape index (κ2) is 36.4. The summed E-state index contributed by atoms with van der Waals surface area (Å²) >= 11 is 0. The van der Waals surface area contributed by atoms with E-state index in [2.05, 4.69) is 31.9 Å². The average molecular weight is 1220 g/mol. The van der Waals surface area contributed by atoms with Crippen LogP contribution in [0.2, 0.25) is 0 Å². The molecule has 0 aliphatic carbocycles.